The number of para-hydroxylation sites is 1. The van der Waals surface area contributed by atoms with Crippen molar-refractivity contribution in [3.05, 3.63) is 84.6 Å². The van der Waals surface area contributed by atoms with Crippen LogP contribution < -0.4 is 25.3 Å². The van der Waals surface area contributed by atoms with Crippen molar-refractivity contribution < 1.29 is 28.4 Å². The van der Waals surface area contributed by atoms with Gasteiger partial charge in [0.05, 0.1) is 40.5 Å². The number of carbonyl (C=O) groups is 5. The van der Waals surface area contributed by atoms with Gasteiger partial charge in [-0.05, 0) is 133 Å². The van der Waals surface area contributed by atoms with Crippen LogP contribution in [0.5, 0.6) is 0 Å². The molecule has 6 aliphatic heterocycles. The first kappa shape index (κ1) is 49.9. The van der Waals surface area contributed by atoms with E-state index in [0.717, 1.165) is 59.6 Å². The van der Waals surface area contributed by atoms with Crippen molar-refractivity contribution in [3.8, 4) is 11.3 Å². The Labute approximate surface area is 443 Å². The van der Waals surface area contributed by atoms with Gasteiger partial charge in [0.1, 0.15) is 17.2 Å². The highest BCUT2D eigenvalue weighted by Gasteiger charge is 2.56. The van der Waals surface area contributed by atoms with Crippen molar-refractivity contribution in [2.75, 3.05) is 78.9 Å². The van der Waals surface area contributed by atoms with Gasteiger partial charge >= 0.3 is 6.03 Å². The second-order valence-corrected chi connectivity index (χ2v) is 23.0. The largest absolute Gasteiger partial charge is 0.357 e. The summed E-state index contributed by atoms with van der Waals surface area (Å²) in [6.45, 7) is 12.1. The molecular weight excluding hydrogens is 964 g/mol. The van der Waals surface area contributed by atoms with Crippen LogP contribution in [-0.4, -0.2) is 135 Å². The fraction of sp³-hybridized carbons (Fsp3) is 0.517. The lowest BCUT2D eigenvalue weighted by atomic mass is 9.72. The lowest BCUT2D eigenvalue weighted by Gasteiger charge is -2.48. The third-order valence-corrected chi connectivity index (χ3v) is 18.2. The van der Waals surface area contributed by atoms with Crippen LogP contribution in [0.4, 0.5) is 37.9 Å². The zero-order valence-electron chi connectivity index (χ0n) is 44.0. The maximum Gasteiger partial charge on any atom is 0.328 e. The molecule has 7 aliphatic rings. The number of nitrogens with one attached hydrogen (secondary N) is 2. The average Bonchev–Trinajstić information content (AvgIpc) is 4.18. The Morgan fingerprint density at radius 1 is 0.803 bits per heavy atom. The summed E-state index contributed by atoms with van der Waals surface area (Å²) in [6.07, 6.45) is 12.9. The molecule has 5 aromatic rings. The van der Waals surface area contributed by atoms with Gasteiger partial charge in [-0.25, -0.2) is 24.1 Å². The van der Waals surface area contributed by atoms with E-state index in [1.54, 1.807) is 30.7 Å². The molecule has 5 saturated heterocycles. The second-order valence-electron chi connectivity index (χ2n) is 23.0. The second kappa shape index (κ2) is 19.9. The summed E-state index contributed by atoms with van der Waals surface area (Å²) in [5.74, 6) is 0.931. The van der Waals surface area contributed by atoms with Crippen molar-refractivity contribution in [1.29, 1.82) is 0 Å². The topological polar surface area (TPSA) is 172 Å². The number of nitrogens with zero attached hydrogens (tertiary/aromatic N) is 10. The first-order valence-corrected chi connectivity index (χ1v) is 27.8. The predicted molar refractivity (Wildman–Crippen MR) is 289 cm³/mol. The van der Waals surface area contributed by atoms with Gasteiger partial charge in [-0.3, -0.25) is 29.4 Å². The van der Waals surface area contributed by atoms with E-state index in [-0.39, 0.29) is 53.9 Å². The zero-order chi connectivity index (χ0) is 52.5. The summed E-state index contributed by atoms with van der Waals surface area (Å²) in [7, 11) is 0. The molecule has 1 saturated carbocycles. The van der Waals surface area contributed by atoms with E-state index in [1.807, 2.05) is 32.6 Å². The van der Waals surface area contributed by atoms with Gasteiger partial charge in [0.25, 0.3) is 0 Å². The van der Waals surface area contributed by atoms with Crippen LogP contribution in [0.15, 0.2) is 73.2 Å². The van der Waals surface area contributed by atoms with Crippen LogP contribution in [0.3, 0.4) is 0 Å². The molecule has 2 N–H and O–H groups in total. The number of anilines is 5. The van der Waals surface area contributed by atoms with E-state index >= 15 is 9.18 Å². The summed E-state index contributed by atoms with van der Waals surface area (Å²) < 4.78 is 17.2. The number of benzene rings is 2. The smallest absolute Gasteiger partial charge is 0.328 e. The van der Waals surface area contributed by atoms with Crippen molar-refractivity contribution in [2.45, 2.75) is 121 Å². The van der Waals surface area contributed by atoms with Gasteiger partial charge in [0, 0.05) is 92.9 Å². The fourth-order valence-electron chi connectivity index (χ4n) is 13.4. The Balaban J connectivity index is 0.722. The lowest BCUT2D eigenvalue weighted by Crippen LogP contribution is -2.59. The summed E-state index contributed by atoms with van der Waals surface area (Å²) in [4.78, 5) is 94.8. The summed E-state index contributed by atoms with van der Waals surface area (Å²) in [6, 6.07) is 18.8. The minimum Gasteiger partial charge on any atom is -0.357 e. The minimum atomic E-state index is -0.758. The van der Waals surface area contributed by atoms with Crippen LogP contribution >= 0.6 is 0 Å². The van der Waals surface area contributed by atoms with Crippen LogP contribution in [0.25, 0.3) is 22.3 Å². The summed E-state index contributed by atoms with van der Waals surface area (Å²) in [5.41, 5.74) is 4.57. The van der Waals surface area contributed by atoms with E-state index in [1.165, 1.54) is 30.2 Å². The van der Waals surface area contributed by atoms with E-state index in [9.17, 15) is 19.2 Å². The Kier molecular flexibility index (Phi) is 13.1. The Bertz CT molecular complexity index is 3070. The van der Waals surface area contributed by atoms with Gasteiger partial charge in [-0.15, -0.1) is 0 Å². The van der Waals surface area contributed by atoms with Gasteiger partial charge < -0.3 is 34.4 Å². The number of hydrogen-bond acceptors (Lipinski definition) is 11. The highest BCUT2D eigenvalue weighted by molar-refractivity contribution is 6.10. The number of piperidine rings is 4. The molecule has 1 spiro atoms. The molecule has 17 nitrogen and oxygen atoms in total. The maximum atomic E-state index is 15.4. The molecule has 3 aromatic heterocycles. The summed E-state index contributed by atoms with van der Waals surface area (Å²) >= 11 is 0. The fourth-order valence-corrected chi connectivity index (χ4v) is 13.4. The van der Waals surface area contributed by atoms with Gasteiger partial charge in [-0.1, -0.05) is 37.6 Å². The number of imide groups is 1. The van der Waals surface area contributed by atoms with Crippen LogP contribution in [-0.2, 0) is 24.6 Å². The molecule has 0 atom stereocenters. The number of imidazole rings is 1. The van der Waals surface area contributed by atoms with Gasteiger partial charge in [-0.2, -0.15) is 0 Å². The van der Waals surface area contributed by atoms with Crippen molar-refractivity contribution in [3.63, 3.8) is 0 Å². The van der Waals surface area contributed by atoms with E-state index in [2.05, 4.69) is 69.3 Å². The maximum absolute atomic E-state index is 15.4. The number of aromatic nitrogens is 4. The first-order valence-electron chi connectivity index (χ1n) is 27.8. The SMILES string of the molecule is CC(C)n1cnc2cc(-c3ccc4c(c3)N([C@H]3C[C@@H](N5CCCCC5)C3)C(=O)C43CCN(C(=O)C4(C)CCN(C(=O)C5CCN(c6ccc(N7CCC(=O)NC7=O)cn6)CC5)CC4)CC3)nc(Nc3ccccc3F)c21. The predicted octanol–water partition coefficient (Wildman–Crippen LogP) is 8.17. The van der Waals surface area contributed by atoms with Crippen LogP contribution in [0, 0.1) is 17.2 Å². The van der Waals surface area contributed by atoms with E-state index in [0.29, 0.717) is 113 Å². The number of halogens is 1. The van der Waals surface area contributed by atoms with E-state index < -0.39 is 16.9 Å². The number of amides is 6. The van der Waals surface area contributed by atoms with Crippen molar-refractivity contribution >= 4 is 69.4 Å². The molecule has 9 heterocycles. The molecule has 0 unspecified atom stereocenters. The molecule has 0 radical (unpaired) electrons. The number of urea groups is 1. The highest BCUT2D eigenvalue weighted by Crippen LogP contribution is 2.53. The number of carbonyl (C=O) groups excluding carboxylic acids is 5. The summed E-state index contributed by atoms with van der Waals surface area (Å²) in [5, 5.41) is 5.64. The first-order chi connectivity index (χ1) is 36.8. The molecular formula is C58H69FN12O5. The molecule has 6 amide bonds. The Morgan fingerprint density at radius 3 is 2.24 bits per heavy atom. The molecule has 398 valence electrons. The normalized spacial score (nSPS) is 23.1. The number of rotatable bonds is 10. The molecule has 1 aliphatic carbocycles. The monoisotopic (exact) mass is 1030 g/mol. The van der Waals surface area contributed by atoms with Crippen LogP contribution in [0.1, 0.15) is 109 Å². The molecule has 12 rings (SSSR count). The minimum absolute atomic E-state index is 0.0729. The standard InChI is InChI=1S/C58H69FN12O5/c1-37(2)70-36-61-47-34-46(63-52(51(47)70)62-45-10-6-5-9-44(45)59)39-11-13-43-48(31-39)71(42-32-41(33-42)65-22-7-4-8-23-65)55(75)58(43)20-29-68(30-21-58)54(74)57(3)18-27-67(28-19-57)53(73)38-15-24-66(25-16-38)49-14-12-40(35-60-49)69-26-17-50(72)64-56(69)76/h5-6,9-14,31,34-38,41-42H,4,7-8,15-30,32-33H2,1-3H3,(H,62,63)(H,64,72,76)/t41-,42+. The lowest BCUT2D eigenvalue weighted by molar-refractivity contribution is -0.150. The molecule has 0 bridgehead atoms. The number of pyridine rings is 2. The van der Waals surface area contributed by atoms with Gasteiger partial charge in [0.15, 0.2) is 5.82 Å². The number of fused-ring (bicyclic) bond motifs is 3. The van der Waals surface area contributed by atoms with E-state index in [4.69, 9.17) is 9.97 Å². The molecule has 2 aromatic carbocycles. The third kappa shape index (κ3) is 8.92. The molecule has 76 heavy (non-hydrogen) atoms. The van der Waals surface area contributed by atoms with Crippen molar-refractivity contribution in [2.24, 2.45) is 11.3 Å². The molecule has 6 fully saturated rings. The Morgan fingerprint density at radius 2 is 1.54 bits per heavy atom. The average molecular weight is 1030 g/mol. The number of likely N-dealkylation sites (tertiary alicyclic amines) is 3. The van der Waals surface area contributed by atoms with Crippen molar-refractivity contribution in [1.82, 2.24) is 39.5 Å². The highest BCUT2D eigenvalue weighted by atomic mass is 19.1. The zero-order valence-corrected chi connectivity index (χ0v) is 44.0. The molecule has 18 heteroatoms. The number of hydrogen-bond donors (Lipinski definition) is 2. The van der Waals surface area contributed by atoms with Crippen LogP contribution in [0.2, 0.25) is 0 Å². The third-order valence-electron chi connectivity index (χ3n) is 18.2. The quantitative estimate of drug-likeness (QED) is 0.138. The van der Waals surface area contributed by atoms with Gasteiger partial charge in [0.2, 0.25) is 23.6 Å². The Hall–Kier alpha value is -6.95.